The standard InChI is InChI=1S/C19H15BrN2O2S.ClH/c1-9(21)10-2-4-11(5-3-10)15-14(23)8-13(20)17-16(15)12-6-7-25-18(12)19(24)22-17;/h2-9,23H,21H2,1H3,(H,22,24);1H. The van der Waals surface area contributed by atoms with Gasteiger partial charge in [-0.25, -0.2) is 0 Å². The third-order valence-corrected chi connectivity index (χ3v) is 5.90. The van der Waals surface area contributed by atoms with E-state index < -0.39 is 0 Å². The van der Waals surface area contributed by atoms with E-state index in [9.17, 15) is 9.90 Å². The van der Waals surface area contributed by atoms with Gasteiger partial charge in [-0.2, -0.15) is 0 Å². The average molecular weight is 452 g/mol. The van der Waals surface area contributed by atoms with Crippen LogP contribution >= 0.6 is 39.7 Å². The van der Waals surface area contributed by atoms with Gasteiger partial charge in [0.05, 0.1) is 5.52 Å². The van der Waals surface area contributed by atoms with Crippen molar-refractivity contribution in [2.45, 2.75) is 13.0 Å². The summed E-state index contributed by atoms with van der Waals surface area (Å²) in [6.45, 7) is 1.93. The summed E-state index contributed by atoms with van der Waals surface area (Å²) in [5, 5.41) is 14.2. The number of H-pyrrole nitrogens is 1. The average Bonchev–Trinajstić information content (AvgIpc) is 3.07. The van der Waals surface area contributed by atoms with Crippen molar-refractivity contribution in [1.29, 1.82) is 0 Å². The van der Waals surface area contributed by atoms with E-state index in [1.54, 1.807) is 6.07 Å². The molecule has 134 valence electrons. The highest BCUT2D eigenvalue weighted by Crippen LogP contribution is 2.42. The van der Waals surface area contributed by atoms with Crippen molar-refractivity contribution < 1.29 is 5.11 Å². The van der Waals surface area contributed by atoms with E-state index in [0.717, 1.165) is 21.9 Å². The van der Waals surface area contributed by atoms with Gasteiger partial charge in [0.15, 0.2) is 0 Å². The zero-order valence-electron chi connectivity index (χ0n) is 13.7. The highest BCUT2D eigenvalue weighted by molar-refractivity contribution is 9.10. The fraction of sp³-hybridized carbons (Fsp3) is 0.105. The lowest BCUT2D eigenvalue weighted by Gasteiger charge is -2.13. The molecule has 0 aliphatic carbocycles. The molecule has 2 aromatic carbocycles. The SMILES string of the molecule is CC(N)c1ccc(-c2c(O)cc(Br)c3[nH]c(=O)c4sccc4c23)cc1.Cl. The Kier molecular flexibility index (Phi) is 5.12. The molecule has 7 heteroatoms. The number of nitrogens with one attached hydrogen (secondary N) is 1. The topological polar surface area (TPSA) is 79.1 Å². The van der Waals surface area contributed by atoms with Gasteiger partial charge in [0.1, 0.15) is 10.4 Å². The number of hydrogen-bond acceptors (Lipinski definition) is 4. The van der Waals surface area contributed by atoms with Gasteiger partial charge in [0.2, 0.25) is 0 Å². The van der Waals surface area contributed by atoms with E-state index in [2.05, 4.69) is 20.9 Å². The molecule has 2 aromatic heterocycles. The minimum Gasteiger partial charge on any atom is -0.507 e. The van der Waals surface area contributed by atoms with Crippen molar-refractivity contribution in [2.75, 3.05) is 0 Å². The van der Waals surface area contributed by atoms with Crippen LogP contribution in [-0.2, 0) is 0 Å². The monoisotopic (exact) mass is 450 g/mol. The maximum Gasteiger partial charge on any atom is 0.266 e. The van der Waals surface area contributed by atoms with E-state index in [1.807, 2.05) is 42.6 Å². The maximum atomic E-state index is 12.3. The summed E-state index contributed by atoms with van der Waals surface area (Å²) in [5.74, 6) is 0.160. The van der Waals surface area contributed by atoms with Crippen molar-refractivity contribution in [3.63, 3.8) is 0 Å². The minimum absolute atomic E-state index is 0. The Morgan fingerprint density at radius 3 is 2.58 bits per heavy atom. The zero-order valence-corrected chi connectivity index (χ0v) is 17.0. The summed E-state index contributed by atoms with van der Waals surface area (Å²) in [6.07, 6.45) is 0. The predicted molar refractivity (Wildman–Crippen MR) is 115 cm³/mol. The highest BCUT2D eigenvalue weighted by atomic mass is 79.9. The number of nitrogens with two attached hydrogens (primary N) is 1. The number of phenols is 1. The molecule has 0 saturated carbocycles. The van der Waals surface area contributed by atoms with Crippen molar-refractivity contribution in [1.82, 2.24) is 4.98 Å². The molecule has 2 heterocycles. The summed E-state index contributed by atoms with van der Waals surface area (Å²) < 4.78 is 1.31. The van der Waals surface area contributed by atoms with Gasteiger partial charge in [0, 0.05) is 26.9 Å². The fourth-order valence-corrected chi connectivity index (χ4v) is 4.44. The predicted octanol–water partition coefficient (Wildman–Crippen LogP) is 5.32. The van der Waals surface area contributed by atoms with Crippen LogP contribution in [0.5, 0.6) is 5.75 Å². The van der Waals surface area contributed by atoms with E-state index >= 15 is 0 Å². The summed E-state index contributed by atoms with van der Waals surface area (Å²) >= 11 is 4.84. The normalized spacial score (nSPS) is 12.3. The highest BCUT2D eigenvalue weighted by Gasteiger charge is 2.18. The molecule has 4 rings (SSSR count). The quantitative estimate of drug-likeness (QED) is 0.386. The molecule has 0 spiro atoms. The molecule has 26 heavy (non-hydrogen) atoms. The second-order valence-corrected chi connectivity index (χ2v) is 7.80. The number of aromatic amines is 1. The largest absolute Gasteiger partial charge is 0.507 e. The van der Waals surface area contributed by atoms with Crippen LogP contribution in [0, 0.1) is 0 Å². The molecule has 0 radical (unpaired) electrons. The molecule has 0 fully saturated rings. The molecule has 4 N–H and O–H groups in total. The summed E-state index contributed by atoms with van der Waals surface area (Å²) in [5.41, 5.74) is 9.09. The Balaban J connectivity index is 0.00000196. The molecule has 0 bridgehead atoms. The molecule has 0 aliphatic rings. The Morgan fingerprint density at radius 1 is 1.23 bits per heavy atom. The Morgan fingerprint density at radius 2 is 1.92 bits per heavy atom. The number of phenolic OH excluding ortho intramolecular Hbond substituents is 1. The van der Waals surface area contributed by atoms with Crippen LogP contribution in [0.25, 0.3) is 32.1 Å². The molecule has 0 amide bonds. The van der Waals surface area contributed by atoms with Crippen molar-refractivity contribution >= 4 is 60.7 Å². The molecule has 4 aromatic rings. The molecular formula is C19H16BrClN2O2S. The van der Waals surface area contributed by atoms with Crippen LogP contribution in [0.15, 0.2) is 51.0 Å². The lowest BCUT2D eigenvalue weighted by Crippen LogP contribution is -2.05. The summed E-state index contributed by atoms with van der Waals surface area (Å²) in [4.78, 5) is 15.2. The number of halogens is 2. The Hall–Kier alpha value is -1.86. The molecule has 4 nitrogen and oxygen atoms in total. The van der Waals surface area contributed by atoms with Crippen molar-refractivity contribution in [3.8, 4) is 16.9 Å². The lowest BCUT2D eigenvalue weighted by molar-refractivity contribution is 0.477. The third-order valence-electron chi connectivity index (χ3n) is 4.36. The number of benzene rings is 2. The van der Waals surface area contributed by atoms with Gasteiger partial charge in [0.25, 0.3) is 5.56 Å². The zero-order chi connectivity index (χ0) is 17.7. The number of aromatic hydroxyl groups is 1. The van der Waals surface area contributed by atoms with Gasteiger partial charge in [-0.1, -0.05) is 24.3 Å². The molecule has 0 aliphatic heterocycles. The number of rotatable bonds is 2. The van der Waals surface area contributed by atoms with Crippen LogP contribution in [0.1, 0.15) is 18.5 Å². The number of fused-ring (bicyclic) bond motifs is 3. The first kappa shape index (κ1) is 18.9. The Bertz CT molecular complexity index is 1170. The first-order valence-electron chi connectivity index (χ1n) is 7.78. The van der Waals surface area contributed by atoms with E-state index in [1.165, 1.54) is 11.3 Å². The van der Waals surface area contributed by atoms with Gasteiger partial charge in [-0.05, 0) is 51.5 Å². The van der Waals surface area contributed by atoms with Crippen LogP contribution in [0.4, 0.5) is 0 Å². The van der Waals surface area contributed by atoms with Gasteiger partial charge >= 0.3 is 0 Å². The van der Waals surface area contributed by atoms with Gasteiger partial charge < -0.3 is 15.8 Å². The second kappa shape index (κ2) is 7.04. The number of aromatic nitrogens is 1. The van der Waals surface area contributed by atoms with Crippen LogP contribution in [0.3, 0.4) is 0 Å². The third kappa shape index (κ3) is 2.93. The van der Waals surface area contributed by atoms with Crippen LogP contribution < -0.4 is 11.3 Å². The number of hydrogen-bond donors (Lipinski definition) is 3. The van der Waals surface area contributed by atoms with Crippen LogP contribution in [0.2, 0.25) is 0 Å². The maximum absolute atomic E-state index is 12.3. The number of thiophene rings is 1. The van der Waals surface area contributed by atoms with Crippen molar-refractivity contribution in [2.24, 2.45) is 5.73 Å². The summed E-state index contributed by atoms with van der Waals surface area (Å²) in [7, 11) is 0. The lowest BCUT2D eigenvalue weighted by atomic mass is 9.96. The Labute approximate surface area is 168 Å². The van der Waals surface area contributed by atoms with E-state index in [-0.39, 0.29) is 29.8 Å². The molecule has 1 unspecified atom stereocenters. The van der Waals surface area contributed by atoms with Gasteiger partial charge in [-0.3, -0.25) is 4.79 Å². The smallest absolute Gasteiger partial charge is 0.266 e. The van der Waals surface area contributed by atoms with Crippen LogP contribution in [-0.4, -0.2) is 10.1 Å². The first-order chi connectivity index (χ1) is 12.0. The number of pyridine rings is 1. The molecule has 0 saturated heterocycles. The minimum atomic E-state index is -0.123. The summed E-state index contributed by atoms with van der Waals surface area (Å²) in [6, 6.07) is 11.3. The van der Waals surface area contributed by atoms with Gasteiger partial charge in [-0.15, -0.1) is 23.7 Å². The fourth-order valence-electron chi connectivity index (χ4n) is 3.13. The second-order valence-electron chi connectivity index (χ2n) is 6.03. The van der Waals surface area contributed by atoms with E-state index in [0.29, 0.717) is 20.3 Å². The van der Waals surface area contributed by atoms with E-state index in [4.69, 9.17) is 5.73 Å². The molecule has 1 atom stereocenters. The molecular weight excluding hydrogens is 436 g/mol. The van der Waals surface area contributed by atoms with Crippen molar-refractivity contribution in [3.05, 3.63) is 62.2 Å². The first-order valence-corrected chi connectivity index (χ1v) is 9.45.